The summed E-state index contributed by atoms with van der Waals surface area (Å²) in [6, 6.07) is 12.9. The first-order chi connectivity index (χ1) is 12.1. The molecular weight excluding hydrogens is 328 g/mol. The molecule has 25 heavy (non-hydrogen) atoms. The van der Waals surface area contributed by atoms with Crippen molar-refractivity contribution in [2.24, 2.45) is 0 Å². The second-order valence-electron chi connectivity index (χ2n) is 4.90. The van der Waals surface area contributed by atoms with Crippen molar-refractivity contribution >= 4 is 17.9 Å². The zero-order valence-electron chi connectivity index (χ0n) is 13.2. The second-order valence-corrected chi connectivity index (χ2v) is 4.90. The molecule has 0 heterocycles. The molecule has 0 aliphatic carbocycles. The molecule has 8 heteroatoms. The molecule has 0 aliphatic rings. The van der Waals surface area contributed by atoms with E-state index in [9.17, 15) is 19.7 Å². The van der Waals surface area contributed by atoms with Crippen molar-refractivity contribution in [1.82, 2.24) is 5.32 Å². The highest BCUT2D eigenvalue weighted by molar-refractivity contribution is 5.79. The van der Waals surface area contributed by atoms with E-state index in [4.69, 9.17) is 9.47 Å². The quantitative estimate of drug-likeness (QED) is 0.322. The average Bonchev–Trinajstić information content (AvgIpc) is 2.64. The van der Waals surface area contributed by atoms with Crippen molar-refractivity contribution in [2.45, 2.75) is 0 Å². The molecule has 0 aromatic heterocycles. The van der Waals surface area contributed by atoms with Crippen LogP contribution in [0, 0.1) is 10.1 Å². The van der Waals surface area contributed by atoms with Crippen LogP contribution in [0.25, 0.3) is 0 Å². The topological polar surface area (TPSA) is 108 Å². The number of carbonyl (C=O) groups excluding carboxylic acids is 2. The summed E-state index contributed by atoms with van der Waals surface area (Å²) in [5.41, 5.74) is -0.216. The van der Waals surface area contributed by atoms with Crippen LogP contribution in [-0.2, 0) is 4.79 Å². The van der Waals surface area contributed by atoms with Crippen LogP contribution in [0.5, 0.6) is 11.5 Å². The van der Waals surface area contributed by atoms with Gasteiger partial charge in [0.25, 0.3) is 5.91 Å². The van der Waals surface area contributed by atoms with Crippen LogP contribution in [-0.4, -0.2) is 36.9 Å². The lowest BCUT2D eigenvalue weighted by atomic mass is 10.2. The van der Waals surface area contributed by atoms with Gasteiger partial charge in [-0.3, -0.25) is 19.7 Å². The van der Waals surface area contributed by atoms with E-state index in [-0.39, 0.29) is 36.8 Å². The minimum Gasteiger partial charge on any atom is -0.492 e. The summed E-state index contributed by atoms with van der Waals surface area (Å²) < 4.78 is 10.6. The van der Waals surface area contributed by atoms with E-state index in [1.807, 2.05) is 18.2 Å². The average molecular weight is 344 g/mol. The number of nitrogens with zero attached hydrogens (tertiary/aromatic N) is 1. The third-order valence-electron chi connectivity index (χ3n) is 3.11. The zero-order chi connectivity index (χ0) is 18.1. The predicted octanol–water partition coefficient (Wildman–Crippen LogP) is 1.98. The van der Waals surface area contributed by atoms with Gasteiger partial charge in [0.15, 0.2) is 12.4 Å². The Morgan fingerprint density at radius 3 is 2.60 bits per heavy atom. The Morgan fingerprint density at radius 1 is 1.16 bits per heavy atom. The zero-order valence-corrected chi connectivity index (χ0v) is 13.2. The van der Waals surface area contributed by atoms with Gasteiger partial charge in [0, 0.05) is 11.6 Å². The highest BCUT2D eigenvalue weighted by atomic mass is 16.6. The number of hydrogen-bond donors (Lipinski definition) is 1. The maximum absolute atomic E-state index is 11.7. The molecule has 0 fully saturated rings. The highest BCUT2D eigenvalue weighted by Crippen LogP contribution is 2.27. The summed E-state index contributed by atoms with van der Waals surface area (Å²) >= 11 is 0. The highest BCUT2D eigenvalue weighted by Gasteiger charge is 2.17. The summed E-state index contributed by atoms with van der Waals surface area (Å²) in [4.78, 5) is 32.7. The molecule has 0 radical (unpaired) electrons. The number of para-hydroxylation sites is 1. The molecule has 1 amide bonds. The summed E-state index contributed by atoms with van der Waals surface area (Å²) in [6.45, 7) is 0.166. The number of nitrogens with one attached hydrogen (secondary N) is 1. The van der Waals surface area contributed by atoms with Gasteiger partial charge < -0.3 is 14.8 Å². The van der Waals surface area contributed by atoms with Gasteiger partial charge >= 0.3 is 5.69 Å². The lowest BCUT2D eigenvalue weighted by Gasteiger charge is -2.09. The van der Waals surface area contributed by atoms with Crippen molar-refractivity contribution in [3.8, 4) is 11.5 Å². The minimum absolute atomic E-state index is 0.0775. The Balaban J connectivity index is 1.78. The molecule has 130 valence electrons. The number of ether oxygens (including phenoxy) is 2. The second kappa shape index (κ2) is 9.02. The number of rotatable bonds is 9. The molecule has 0 saturated heterocycles. The molecular formula is C17H16N2O6. The Morgan fingerprint density at radius 2 is 1.92 bits per heavy atom. The molecule has 2 aromatic rings. The Hall–Kier alpha value is -3.42. The van der Waals surface area contributed by atoms with Crippen LogP contribution in [0.15, 0.2) is 48.5 Å². The molecule has 8 nitrogen and oxygen atoms in total. The largest absolute Gasteiger partial charge is 0.492 e. The van der Waals surface area contributed by atoms with Crippen molar-refractivity contribution in [2.75, 3.05) is 19.8 Å². The summed E-state index contributed by atoms with van der Waals surface area (Å²) in [6.07, 6.45) is 0.496. The van der Waals surface area contributed by atoms with Gasteiger partial charge in [-0.1, -0.05) is 18.2 Å². The molecule has 0 bridgehead atoms. The third kappa shape index (κ3) is 5.61. The lowest BCUT2D eigenvalue weighted by molar-refractivity contribution is -0.385. The fourth-order valence-electron chi connectivity index (χ4n) is 1.94. The van der Waals surface area contributed by atoms with Crippen molar-refractivity contribution < 1.29 is 24.0 Å². The van der Waals surface area contributed by atoms with Crippen LogP contribution in [0.1, 0.15) is 10.4 Å². The van der Waals surface area contributed by atoms with E-state index in [0.29, 0.717) is 12.0 Å². The number of amides is 1. The summed E-state index contributed by atoms with van der Waals surface area (Å²) in [7, 11) is 0. The number of carbonyl (C=O) groups is 2. The van der Waals surface area contributed by atoms with Crippen LogP contribution in [0.4, 0.5) is 5.69 Å². The first kappa shape index (κ1) is 17.9. The SMILES string of the molecule is O=Cc1ccc(OCC(=O)NCCOc2ccccc2)c([N+](=O)[O-])c1. The minimum atomic E-state index is -0.673. The number of aldehydes is 1. The fraction of sp³-hybridized carbons (Fsp3) is 0.176. The van der Waals surface area contributed by atoms with Gasteiger partial charge in [-0.25, -0.2) is 0 Å². The standard InChI is InChI=1S/C17H16N2O6/c20-11-13-6-7-16(15(10-13)19(22)23)25-12-17(21)18-8-9-24-14-4-2-1-3-5-14/h1-7,10-11H,8-9,12H2,(H,18,21). The van der Waals surface area contributed by atoms with Gasteiger partial charge in [0.1, 0.15) is 18.6 Å². The van der Waals surface area contributed by atoms with Crippen LogP contribution in [0.3, 0.4) is 0 Å². The molecule has 0 unspecified atom stereocenters. The number of benzene rings is 2. The van der Waals surface area contributed by atoms with E-state index in [0.717, 1.165) is 6.07 Å². The van der Waals surface area contributed by atoms with Gasteiger partial charge in [-0.15, -0.1) is 0 Å². The van der Waals surface area contributed by atoms with Crippen molar-refractivity contribution in [3.63, 3.8) is 0 Å². The van der Waals surface area contributed by atoms with Gasteiger partial charge in [0.05, 0.1) is 11.5 Å². The summed E-state index contributed by atoms with van der Waals surface area (Å²) in [5, 5.41) is 13.6. The van der Waals surface area contributed by atoms with Crippen molar-refractivity contribution in [3.05, 3.63) is 64.2 Å². The van der Waals surface area contributed by atoms with Gasteiger partial charge in [-0.2, -0.15) is 0 Å². The number of nitro benzene ring substituents is 1. The Bertz CT molecular complexity index is 748. The van der Waals surface area contributed by atoms with E-state index < -0.39 is 10.8 Å². The first-order valence-electron chi connectivity index (χ1n) is 7.41. The monoisotopic (exact) mass is 344 g/mol. The Labute approximate surface area is 143 Å². The van der Waals surface area contributed by atoms with E-state index in [1.54, 1.807) is 12.1 Å². The van der Waals surface area contributed by atoms with E-state index >= 15 is 0 Å². The number of nitro groups is 1. The molecule has 1 N–H and O–H groups in total. The molecule has 0 atom stereocenters. The van der Waals surface area contributed by atoms with Crippen LogP contribution < -0.4 is 14.8 Å². The molecule has 2 aromatic carbocycles. The predicted molar refractivity (Wildman–Crippen MR) is 88.9 cm³/mol. The van der Waals surface area contributed by atoms with Gasteiger partial charge in [0.2, 0.25) is 0 Å². The third-order valence-corrected chi connectivity index (χ3v) is 3.11. The van der Waals surface area contributed by atoms with E-state index in [2.05, 4.69) is 5.32 Å². The molecule has 2 rings (SSSR count). The Kier molecular flexibility index (Phi) is 6.47. The molecule has 0 spiro atoms. The normalized spacial score (nSPS) is 9.92. The first-order valence-corrected chi connectivity index (χ1v) is 7.41. The maximum atomic E-state index is 11.7. The molecule has 0 aliphatic heterocycles. The van der Waals surface area contributed by atoms with Crippen LogP contribution in [0.2, 0.25) is 0 Å². The maximum Gasteiger partial charge on any atom is 0.311 e. The van der Waals surface area contributed by atoms with Crippen LogP contribution >= 0.6 is 0 Å². The number of hydrogen-bond acceptors (Lipinski definition) is 6. The smallest absolute Gasteiger partial charge is 0.311 e. The summed E-state index contributed by atoms with van der Waals surface area (Å²) in [5.74, 6) is 0.176. The van der Waals surface area contributed by atoms with Gasteiger partial charge in [-0.05, 0) is 24.3 Å². The fourth-order valence-corrected chi connectivity index (χ4v) is 1.94. The van der Waals surface area contributed by atoms with Crippen molar-refractivity contribution in [1.29, 1.82) is 0 Å². The van der Waals surface area contributed by atoms with E-state index in [1.165, 1.54) is 12.1 Å². The molecule has 0 saturated carbocycles. The lowest BCUT2D eigenvalue weighted by Crippen LogP contribution is -2.32.